The maximum absolute atomic E-state index is 11.0. The Morgan fingerprint density at radius 1 is 0.636 bits per heavy atom. The van der Waals surface area contributed by atoms with Crippen LogP contribution in [0.15, 0.2) is 0 Å². The normalized spacial score (nSPS) is 32.2. The van der Waals surface area contributed by atoms with Crippen LogP contribution in [0.3, 0.4) is 0 Å². The SMILES string of the molecule is O=[N+]([O-])C1CCC(N(C2CCCCC2)C2CCCCC2)CC1. The highest BCUT2D eigenvalue weighted by atomic mass is 16.6. The molecule has 3 saturated carbocycles. The van der Waals surface area contributed by atoms with Gasteiger partial charge in [-0.3, -0.25) is 15.0 Å². The third-order valence-corrected chi connectivity index (χ3v) is 6.38. The smallest absolute Gasteiger partial charge is 0.213 e. The molecule has 0 spiro atoms. The Labute approximate surface area is 134 Å². The lowest BCUT2D eigenvalue weighted by Crippen LogP contribution is -2.52. The van der Waals surface area contributed by atoms with E-state index in [0.717, 1.165) is 37.8 Å². The Balaban J connectivity index is 1.66. The standard InChI is InChI=1S/C18H32N2O2/c21-20(22)18-13-11-17(12-14-18)19(15-7-3-1-4-8-15)16-9-5-2-6-10-16/h15-18H,1-14H2. The third kappa shape index (κ3) is 3.81. The summed E-state index contributed by atoms with van der Waals surface area (Å²) in [5.74, 6) is 0. The van der Waals surface area contributed by atoms with Crippen molar-refractivity contribution in [1.29, 1.82) is 0 Å². The summed E-state index contributed by atoms with van der Waals surface area (Å²) in [5, 5.41) is 11.0. The zero-order valence-corrected chi connectivity index (χ0v) is 13.9. The predicted molar refractivity (Wildman–Crippen MR) is 88.6 cm³/mol. The molecule has 3 fully saturated rings. The highest BCUT2D eigenvalue weighted by Gasteiger charge is 2.38. The van der Waals surface area contributed by atoms with E-state index in [0.29, 0.717) is 6.04 Å². The van der Waals surface area contributed by atoms with Gasteiger partial charge in [-0.2, -0.15) is 0 Å². The summed E-state index contributed by atoms with van der Waals surface area (Å²) in [7, 11) is 0. The third-order valence-electron chi connectivity index (χ3n) is 6.38. The second-order valence-corrected chi connectivity index (χ2v) is 7.78. The number of nitrogens with zero attached hydrogens (tertiary/aromatic N) is 2. The van der Waals surface area contributed by atoms with E-state index in [1.54, 1.807) is 0 Å². The van der Waals surface area contributed by atoms with Crippen molar-refractivity contribution in [1.82, 2.24) is 4.90 Å². The molecule has 0 aromatic carbocycles. The molecule has 4 heteroatoms. The van der Waals surface area contributed by atoms with E-state index in [4.69, 9.17) is 0 Å². The fourth-order valence-corrected chi connectivity index (χ4v) is 5.22. The topological polar surface area (TPSA) is 46.4 Å². The summed E-state index contributed by atoms with van der Waals surface area (Å²) in [6.45, 7) is 0. The van der Waals surface area contributed by atoms with Gasteiger partial charge in [0.2, 0.25) is 6.04 Å². The number of hydrogen-bond acceptors (Lipinski definition) is 3. The van der Waals surface area contributed by atoms with Crippen LogP contribution in [0.25, 0.3) is 0 Å². The van der Waals surface area contributed by atoms with Crippen LogP contribution in [0.1, 0.15) is 89.9 Å². The molecule has 0 heterocycles. The van der Waals surface area contributed by atoms with Crippen molar-refractivity contribution < 1.29 is 4.92 Å². The first-order valence-electron chi connectivity index (χ1n) is 9.66. The van der Waals surface area contributed by atoms with Gasteiger partial charge in [0.05, 0.1) is 0 Å². The highest BCUT2D eigenvalue weighted by molar-refractivity contribution is 4.90. The van der Waals surface area contributed by atoms with Crippen molar-refractivity contribution >= 4 is 0 Å². The molecular weight excluding hydrogens is 276 g/mol. The van der Waals surface area contributed by atoms with Crippen LogP contribution >= 0.6 is 0 Å². The average molecular weight is 308 g/mol. The van der Waals surface area contributed by atoms with Gasteiger partial charge >= 0.3 is 0 Å². The molecule has 126 valence electrons. The minimum atomic E-state index is -0.268. The number of nitro groups is 1. The van der Waals surface area contributed by atoms with Gasteiger partial charge in [-0.05, 0) is 38.5 Å². The van der Waals surface area contributed by atoms with E-state index in [2.05, 4.69) is 4.90 Å². The Bertz CT molecular complexity index is 336. The van der Waals surface area contributed by atoms with Crippen molar-refractivity contribution in [2.24, 2.45) is 0 Å². The molecular formula is C18H32N2O2. The minimum absolute atomic E-state index is 0.0399. The molecule has 3 aliphatic rings. The molecule has 0 atom stereocenters. The zero-order chi connectivity index (χ0) is 15.4. The monoisotopic (exact) mass is 308 g/mol. The molecule has 0 bridgehead atoms. The molecule has 0 aromatic rings. The van der Waals surface area contributed by atoms with Gasteiger partial charge in [-0.25, -0.2) is 0 Å². The van der Waals surface area contributed by atoms with Crippen LogP contribution in [0.2, 0.25) is 0 Å². The van der Waals surface area contributed by atoms with Crippen molar-refractivity contribution in [3.05, 3.63) is 10.1 Å². The van der Waals surface area contributed by atoms with Gasteiger partial charge < -0.3 is 0 Å². The highest BCUT2D eigenvalue weighted by Crippen LogP contribution is 2.36. The lowest BCUT2D eigenvalue weighted by molar-refractivity contribution is -0.527. The summed E-state index contributed by atoms with van der Waals surface area (Å²) in [5.41, 5.74) is 0. The van der Waals surface area contributed by atoms with Gasteiger partial charge in [0.15, 0.2) is 0 Å². The second-order valence-electron chi connectivity index (χ2n) is 7.78. The van der Waals surface area contributed by atoms with E-state index in [1.807, 2.05) is 0 Å². The summed E-state index contributed by atoms with van der Waals surface area (Å²) in [6.07, 6.45) is 17.5. The molecule has 4 nitrogen and oxygen atoms in total. The molecule has 0 radical (unpaired) electrons. The summed E-state index contributed by atoms with van der Waals surface area (Å²) in [4.78, 5) is 13.9. The van der Waals surface area contributed by atoms with Crippen LogP contribution in [0.5, 0.6) is 0 Å². The maximum atomic E-state index is 11.0. The van der Waals surface area contributed by atoms with Crippen LogP contribution < -0.4 is 0 Å². The second kappa shape index (κ2) is 7.76. The number of rotatable bonds is 4. The Morgan fingerprint density at radius 2 is 1.05 bits per heavy atom. The van der Waals surface area contributed by atoms with Crippen molar-refractivity contribution in [3.8, 4) is 0 Å². The van der Waals surface area contributed by atoms with E-state index in [-0.39, 0.29) is 11.0 Å². The van der Waals surface area contributed by atoms with E-state index in [1.165, 1.54) is 64.2 Å². The fourth-order valence-electron chi connectivity index (χ4n) is 5.22. The van der Waals surface area contributed by atoms with Crippen molar-refractivity contribution in [2.75, 3.05) is 0 Å². The van der Waals surface area contributed by atoms with Crippen molar-refractivity contribution in [2.45, 2.75) is 114 Å². The fraction of sp³-hybridized carbons (Fsp3) is 1.00. The number of hydrogen-bond donors (Lipinski definition) is 0. The maximum Gasteiger partial charge on any atom is 0.213 e. The van der Waals surface area contributed by atoms with E-state index in [9.17, 15) is 10.1 Å². The lowest BCUT2D eigenvalue weighted by atomic mass is 9.83. The van der Waals surface area contributed by atoms with Gasteiger partial charge in [-0.1, -0.05) is 38.5 Å². The molecule has 0 amide bonds. The van der Waals surface area contributed by atoms with Gasteiger partial charge in [0.25, 0.3) is 0 Å². The molecule has 22 heavy (non-hydrogen) atoms. The van der Waals surface area contributed by atoms with Crippen LogP contribution in [-0.2, 0) is 0 Å². The Morgan fingerprint density at radius 3 is 1.45 bits per heavy atom. The molecule has 3 aliphatic carbocycles. The summed E-state index contributed by atoms with van der Waals surface area (Å²) in [6, 6.07) is 1.90. The molecule has 0 saturated heterocycles. The average Bonchev–Trinajstić information content (AvgIpc) is 2.57. The van der Waals surface area contributed by atoms with E-state index < -0.39 is 0 Å². The first kappa shape index (κ1) is 16.2. The van der Waals surface area contributed by atoms with Crippen LogP contribution in [-0.4, -0.2) is 34.0 Å². The van der Waals surface area contributed by atoms with Gasteiger partial charge in [0, 0.05) is 35.9 Å². The molecule has 3 rings (SSSR count). The van der Waals surface area contributed by atoms with Crippen LogP contribution in [0.4, 0.5) is 0 Å². The molecule has 0 N–H and O–H groups in total. The zero-order valence-electron chi connectivity index (χ0n) is 13.9. The quantitative estimate of drug-likeness (QED) is 0.565. The van der Waals surface area contributed by atoms with Crippen molar-refractivity contribution in [3.63, 3.8) is 0 Å². The first-order chi connectivity index (χ1) is 10.8. The Hall–Kier alpha value is -0.640. The summed E-state index contributed by atoms with van der Waals surface area (Å²) >= 11 is 0. The molecule has 0 unspecified atom stereocenters. The molecule has 0 aromatic heterocycles. The van der Waals surface area contributed by atoms with Gasteiger partial charge in [-0.15, -0.1) is 0 Å². The Kier molecular flexibility index (Phi) is 5.72. The first-order valence-corrected chi connectivity index (χ1v) is 9.66. The lowest BCUT2D eigenvalue weighted by Gasteiger charge is -2.47. The van der Waals surface area contributed by atoms with Gasteiger partial charge in [0.1, 0.15) is 0 Å². The minimum Gasteiger partial charge on any atom is -0.294 e. The molecule has 0 aliphatic heterocycles. The predicted octanol–water partition coefficient (Wildman–Crippen LogP) is 4.54. The largest absolute Gasteiger partial charge is 0.294 e. The summed E-state index contributed by atoms with van der Waals surface area (Å²) < 4.78 is 0. The van der Waals surface area contributed by atoms with Crippen LogP contribution in [0, 0.1) is 10.1 Å². The van der Waals surface area contributed by atoms with E-state index >= 15 is 0 Å².